The number of rotatable bonds is 2. The monoisotopic (exact) mass is 338 g/mol. The van der Waals surface area contributed by atoms with Crippen LogP contribution in [0.3, 0.4) is 0 Å². The molecule has 0 spiro atoms. The third-order valence-corrected chi connectivity index (χ3v) is 4.70. The van der Waals surface area contributed by atoms with E-state index in [1.807, 2.05) is 37.3 Å². The number of anilines is 1. The Kier molecular flexibility index (Phi) is 3.54. The predicted octanol–water partition coefficient (Wildman–Crippen LogP) is 3.78. The molecule has 1 saturated heterocycles. The second-order valence-corrected chi connectivity index (χ2v) is 6.54. The number of aryl methyl sites for hydroxylation is 1. The highest BCUT2D eigenvalue weighted by atomic mass is 32.2. The Morgan fingerprint density at radius 1 is 1.12 bits per heavy atom. The van der Waals surface area contributed by atoms with Crippen LogP contribution < -0.4 is 14.4 Å². The van der Waals surface area contributed by atoms with E-state index in [4.69, 9.17) is 14.9 Å². The van der Waals surface area contributed by atoms with Crippen molar-refractivity contribution in [2.45, 2.75) is 6.92 Å². The van der Waals surface area contributed by atoms with Crippen molar-refractivity contribution in [1.82, 2.24) is 0 Å². The summed E-state index contributed by atoms with van der Waals surface area (Å²) < 4.78 is 10.6. The molecule has 0 aromatic heterocycles. The summed E-state index contributed by atoms with van der Waals surface area (Å²) in [4.78, 5) is 14.6. The maximum absolute atomic E-state index is 12.7. The van der Waals surface area contributed by atoms with Crippen molar-refractivity contribution < 1.29 is 14.3 Å². The van der Waals surface area contributed by atoms with Gasteiger partial charge in [-0.3, -0.25) is 15.1 Å². The maximum atomic E-state index is 12.7. The maximum Gasteiger partial charge on any atom is 0.271 e. The van der Waals surface area contributed by atoms with Crippen molar-refractivity contribution in [1.29, 1.82) is 5.41 Å². The van der Waals surface area contributed by atoms with Gasteiger partial charge in [0.25, 0.3) is 5.91 Å². The molecule has 120 valence electrons. The van der Waals surface area contributed by atoms with Crippen LogP contribution in [0.4, 0.5) is 5.69 Å². The van der Waals surface area contributed by atoms with Crippen LogP contribution in [0.5, 0.6) is 11.5 Å². The molecule has 0 unspecified atom stereocenters. The van der Waals surface area contributed by atoms with E-state index in [-0.39, 0.29) is 17.9 Å². The number of carbonyl (C=O) groups is 1. The lowest BCUT2D eigenvalue weighted by Gasteiger charge is -2.14. The highest BCUT2D eigenvalue weighted by Crippen LogP contribution is 2.40. The second kappa shape index (κ2) is 5.72. The summed E-state index contributed by atoms with van der Waals surface area (Å²) in [5, 5.41) is 8.33. The van der Waals surface area contributed by atoms with Gasteiger partial charge >= 0.3 is 0 Å². The standard InChI is InChI=1S/C18H14N2O3S/c1-11-2-4-12(5-3-11)8-16-17(21)20(18(19)24-16)13-6-7-14-15(9-13)23-10-22-14/h2-9,19H,10H2,1H3/b16-8-,19-18?. The van der Waals surface area contributed by atoms with Crippen LogP contribution >= 0.6 is 11.8 Å². The van der Waals surface area contributed by atoms with Gasteiger partial charge in [-0.2, -0.15) is 0 Å². The van der Waals surface area contributed by atoms with Crippen LogP contribution in [-0.2, 0) is 4.79 Å². The van der Waals surface area contributed by atoms with E-state index in [1.165, 1.54) is 4.90 Å². The van der Waals surface area contributed by atoms with E-state index < -0.39 is 0 Å². The smallest absolute Gasteiger partial charge is 0.271 e. The molecule has 0 atom stereocenters. The number of nitrogens with zero attached hydrogens (tertiary/aromatic N) is 1. The second-order valence-electron chi connectivity index (χ2n) is 5.50. The summed E-state index contributed by atoms with van der Waals surface area (Å²) in [5.74, 6) is 1.04. The van der Waals surface area contributed by atoms with Crippen LogP contribution in [0.2, 0.25) is 0 Å². The Labute approximate surface area is 143 Å². The van der Waals surface area contributed by atoms with Crippen molar-refractivity contribution in [3.8, 4) is 11.5 Å². The van der Waals surface area contributed by atoms with Crippen molar-refractivity contribution in [2.24, 2.45) is 0 Å². The Balaban J connectivity index is 1.65. The highest BCUT2D eigenvalue weighted by Gasteiger charge is 2.34. The Morgan fingerprint density at radius 2 is 1.88 bits per heavy atom. The Morgan fingerprint density at radius 3 is 2.67 bits per heavy atom. The van der Waals surface area contributed by atoms with Crippen LogP contribution in [0.15, 0.2) is 47.4 Å². The molecule has 0 saturated carbocycles. The number of benzene rings is 2. The number of thioether (sulfide) groups is 1. The molecule has 0 radical (unpaired) electrons. The first-order valence-corrected chi connectivity index (χ1v) is 8.22. The van der Waals surface area contributed by atoms with Crippen molar-refractivity contribution in [3.63, 3.8) is 0 Å². The molecule has 2 aliphatic rings. The van der Waals surface area contributed by atoms with Crippen LogP contribution in [0.1, 0.15) is 11.1 Å². The quantitative estimate of drug-likeness (QED) is 0.847. The molecule has 2 aromatic carbocycles. The number of carbonyl (C=O) groups excluding carboxylic acids is 1. The molecule has 24 heavy (non-hydrogen) atoms. The van der Waals surface area contributed by atoms with Gasteiger partial charge in [0, 0.05) is 6.07 Å². The highest BCUT2D eigenvalue weighted by molar-refractivity contribution is 8.19. The van der Waals surface area contributed by atoms with Crippen molar-refractivity contribution in [3.05, 3.63) is 58.5 Å². The lowest BCUT2D eigenvalue weighted by molar-refractivity contribution is -0.113. The van der Waals surface area contributed by atoms with Crippen LogP contribution in [0, 0.1) is 12.3 Å². The summed E-state index contributed by atoms with van der Waals surface area (Å²) in [6.07, 6.45) is 1.81. The third-order valence-electron chi connectivity index (χ3n) is 3.81. The number of hydrogen-bond acceptors (Lipinski definition) is 5. The van der Waals surface area contributed by atoms with E-state index in [9.17, 15) is 4.79 Å². The Hall–Kier alpha value is -2.73. The fourth-order valence-electron chi connectivity index (χ4n) is 2.56. The SMILES string of the molecule is Cc1ccc(/C=C2\SC(=N)N(c3ccc4c(c3)OCO4)C2=O)cc1. The van der Waals surface area contributed by atoms with E-state index in [0.717, 1.165) is 22.9 Å². The summed E-state index contributed by atoms with van der Waals surface area (Å²) in [7, 11) is 0. The molecule has 4 rings (SSSR count). The third kappa shape index (κ3) is 2.55. The van der Waals surface area contributed by atoms with Gasteiger partial charge in [-0.05, 0) is 42.5 Å². The van der Waals surface area contributed by atoms with Gasteiger partial charge in [0.15, 0.2) is 16.7 Å². The zero-order valence-electron chi connectivity index (χ0n) is 12.9. The molecule has 6 heteroatoms. The molecular weight excluding hydrogens is 324 g/mol. The molecule has 1 fully saturated rings. The van der Waals surface area contributed by atoms with Gasteiger partial charge in [-0.25, -0.2) is 0 Å². The molecule has 0 aliphatic carbocycles. The average Bonchev–Trinajstić information content (AvgIpc) is 3.14. The van der Waals surface area contributed by atoms with Gasteiger partial charge in [0.1, 0.15) is 0 Å². The predicted molar refractivity (Wildman–Crippen MR) is 94.5 cm³/mol. The topological polar surface area (TPSA) is 62.6 Å². The summed E-state index contributed by atoms with van der Waals surface area (Å²) in [5.41, 5.74) is 2.71. The zero-order chi connectivity index (χ0) is 16.7. The van der Waals surface area contributed by atoms with Gasteiger partial charge < -0.3 is 9.47 Å². The molecule has 1 N–H and O–H groups in total. The van der Waals surface area contributed by atoms with E-state index >= 15 is 0 Å². The molecule has 0 bridgehead atoms. The van der Waals surface area contributed by atoms with Crippen molar-refractivity contribution in [2.75, 3.05) is 11.7 Å². The van der Waals surface area contributed by atoms with Crippen LogP contribution in [-0.4, -0.2) is 17.9 Å². The average molecular weight is 338 g/mol. The number of hydrogen-bond donors (Lipinski definition) is 1. The number of nitrogens with one attached hydrogen (secondary N) is 1. The first-order valence-electron chi connectivity index (χ1n) is 7.41. The fourth-order valence-corrected chi connectivity index (χ4v) is 3.42. The lowest BCUT2D eigenvalue weighted by atomic mass is 10.1. The summed E-state index contributed by atoms with van der Waals surface area (Å²) in [6.45, 7) is 2.20. The summed E-state index contributed by atoms with van der Waals surface area (Å²) >= 11 is 1.16. The molecule has 1 amide bonds. The molecule has 2 heterocycles. The number of amides is 1. The van der Waals surface area contributed by atoms with Gasteiger partial charge in [0.05, 0.1) is 10.6 Å². The largest absolute Gasteiger partial charge is 0.454 e. The van der Waals surface area contributed by atoms with Gasteiger partial charge in [-0.15, -0.1) is 0 Å². The lowest BCUT2D eigenvalue weighted by Crippen LogP contribution is -2.28. The van der Waals surface area contributed by atoms with Gasteiger partial charge in [-0.1, -0.05) is 29.8 Å². The van der Waals surface area contributed by atoms with E-state index in [1.54, 1.807) is 18.2 Å². The normalized spacial score (nSPS) is 17.9. The zero-order valence-corrected chi connectivity index (χ0v) is 13.7. The number of ether oxygens (including phenoxy) is 2. The minimum atomic E-state index is -0.204. The number of fused-ring (bicyclic) bond motifs is 1. The first kappa shape index (κ1) is 14.8. The van der Waals surface area contributed by atoms with Gasteiger partial charge in [0.2, 0.25) is 6.79 Å². The first-order chi connectivity index (χ1) is 11.6. The van der Waals surface area contributed by atoms with Crippen molar-refractivity contribution >= 4 is 34.6 Å². The minimum Gasteiger partial charge on any atom is -0.454 e. The minimum absolute atomic E-state index is 0.178. The summed E-state index contributed by atoms with van der Waals surface area (Å²) in [6, 6.07) is 13.2. The molecule has 5 nitrogen and oxygen atoms in total. The van der Waals surface area contributed by atoms with Crippen LogP contribution in [0.25, 0.3) is 6.08 Å². The van der Waals surface area contributed by atoms with E-state index in [2.05, 4.69) is 0 Å². The Bertz CT molecular complexity index is 874. The molecular formula is C18H14N2O3S. The molecule has 2 aliphatic heterocycles. The molecule has 2 aromatic rings. The number of amidine groups is 1. The fraction of sp³-hybridized carbons (Fsp3) is 0.111. The van der Waals surface area contributed by atoms with E-state index in [0.29, 0.717) is 22.1 Å².